The maximum absolute atomic E-state index is 11.3. The molecule has 2 nitrogen and oxygen atoms in total. The number of hydrogen-bond acceptors (Lipinski definition) is 2. The first kappa shape index (κ1) is 11.1. The molecule has 1 heterocycles. The molecule has 1 aliphatic rings. The minimum Gasteiger partial charge on any atom is -0.229 e. The lowest BCUT2D eigenvalue weighted by Gasteiger charge is -2.22. The van der Waals surface area contributed by atoms with Gasteiger partial charge in [-0.15, -0.1) is 0 Å². The first-order valence-corrected chi connectivity index (χ1v) is 7.64. The first-order valence-electron chi connectivity index (χ1n) is 5.03. The summed E-state index contributed by atoms with van der Waals surface area (Å²) in [6.45, 7) is 0. The molecule has 1 aliphatic heterocycles. The Kier molecular flexibility index (Phi) is 3.16. The third-order valence-corrected chi connectivity index (χ3v) is 5.08. The average molecular weight is 289 g/mol. The van der Waals surface area contributed by atoms with E-state index < -0.39 is 9.84 Å². The monoisotopic (exact) mass is 288 g/mol. The van der Waals surface area contributed by atoms with Gasteiger partial charge in [0, 0.05) is 4.47 Å². The number of benzene rings is 1. The highest BCUT2D eigenvalue weighted by molar-refractivity contribution is 9.10. The van der Waals surface area contributed by atoms with Crippen molar-refractivity contribution in [2.75, 3.05) is 11.5 Å². The predicted octanol–water partition coefficient (Wildman–Crippen LogP) is 2.74. The SMILES string of the molecule is O=S1(=O)CCC(c2cccc(Br)c2)CC1. The van der Waals surface area contributed by atoms with Gasteiger partial charge >= 0.3 is 0 Å². The van der Waals surface area contributed by atoms with Gasteiger partial charge in [0.1, 0.15) is 9.84 Å². The van der Waals surface area contributed by atoms with Crippen molar-refractivity contribution in [3.05, 3.63) is 34.3 Å². The second kappa shape index (κ2) is 4.26. The van der Waals surface area contributed by atoms with E-state index in [9.17, 15) is 8.42 Å². The van der Waals surface area contributed by atoms with Gasteiger partial charge in [0.25, 0.3) is 0 Å². The van der Waals surface area contributed by atoms with E-state index in [-0.39, 0.29) is 0 Å². The highest BCUT2D eigenvalue weighted by Crippen LogP contribution is 2.30. The van der Waals surface area contributed by atoms with Gasteiger partial charge in [-0.25, -0.2) is 8.42 Å². The van der Waals surface area contributed by atoms with Crippen molar-refractivity contribution in [1.82, 2.24) is 0 Å². The van der Waals surface area contributed by atoms with Crippen molar-refractivity contribution in [3.8, 4) is 0 Å². The third-order valence-electron chi connectivity index (χ3n) is 2.87. The summed E-state index contributed by atoms with van der Waals surface area (Å²) in [5, 5.41) is 0. The summed E-state index contributed by atoms with van der Waals surface area (Å²) in [6.07, 6.45) is 1.53. The van der Waals surface area contributed by atoms with Crippen LogP contribution in [-0.2, 0) is 9.84 Å². The van der Waals surface area contributed by atoms with E-state index in [0.717, 1.165) is 17.3 Å². The summed E-state index contributed by atoms with van der Waals surface area (Å²) >= 11 is 3.43. The maximum Gasteiger partial charge on any atom is 0.150 e. The van der Waals surface area contributed by atoms with Gasteiger partial charge in [-0.05, 0) is 36.5 Å². The van der Waals surface area contributed by atoms with Crippen molar-refractivity contribution in [2.45, 2.75) is 18.8 Å². The molecule has 0 atom stereocenters. The van der Waals surface area contributed by atoms with Gasteiger partial charge in [0.2, 0.25) is 0 Å². The zero-order valence-electron chi connectivity index (χ0n) is 8.32. The Hall–Kier alpha value is -0.350. The molecule has 0 unspecified atom stereocenters. The molecule has 1 aromatic carbocycles. The number of sulfone groups is 1. The lowest BCUT2D eigenvalue weighted by atomic mass is 9.94. The Morgan fingerprint density at radius 2 is 1.87 bits per heavy atom. The maximum atomic E-state index is 11.3. The van der Waals surface area contributed by atoms with E-state index in [1.54, 1.807) is 0 Å². The van der Waals surface area contributed by atoms with Gasteiger partial charge < -0.3 is 0 Å². The van der Waals surface area contributed by atoms with Crippen molar-refractivity contribution < 1.29 is 8.42 Å². The van der Waals surface area contributed by atoms with Crippen LogP contribution in [0.1, 0.15) is 24.3 Å². The van der Waals surface area contributed by atoms with Crippen LogP contribution >= 0.6 is 15.9 Å². The van der Waals surface area contributed by atoms with Gasteiger partial charge in [-0.2, -0.15) is 0 Å². The van der Waals surface area contributed by atoms with Crippen LogP contribution < -0.4 is 0 Å². The second-order valence-corrected chi connectivity index (χ2v) is 7.20. The van der Waals surface area contributed by atoms with Crippen molar-refractivity contribution in [1.29, 1.82) is 0 Å². The summed E-state index contributed by atoms with van der Waals surface area (Å²) < 4.78 is 23.6. The van der Waals surface area contributed by atoms with Crippen LogP contribution in [0.2, 0.25) is 0 Å². The first-order chi connectivity index (χ1) is 7.07. The van der Waals surface area contributed by atoms with Crippen LogP contribution in [0.4, 0.5) is 0 Å². The normalized spacial score (nSPS) is 21.4. The summed E-state index contributed by atoms with van der Waals surface area (Å²) in [7, 11) is -2.75. The fourth-order valence-electron chi connectivity index (χ4n) is 1.98. The Morgan fingerprint density at radius 1 is 1.20 bits per heavy atom. The van der Waals surface area contributed by atoms with Crippen LogP contribution in [0.3, 0.4) is 0 Å². The zero-order chi connectivity index (χ0) is 10.9. The molecule has 0 spiro atoms. The predicted molar refractivity (Wildman–Crippen MR) is 64.8 cm³/mol. The Bertz CT molecular complexity index is 439. The third kappa shape index (κ3) is 2.82. The van der Waals surface area contributed by atoms with Crippen molar-refractivity contribution in [3.63, 3.8) is 0 Å². The minimum absolute atomic E-state index is 0.337. The van der Waals surface area contributed by atoms with Crippen LogP contribution in [0.5, 0.6) is 0 Å². The van der Waals surface area contributed by atoms with Gasteiger partial charge in [-0.3, -0.25) is 0 Å². The lowest BCUT2D eigenvalue weighted by molar-refractivity contribution is 0.550. The molecule has 1 aromatic rings. The van der Waals surface area contributed by atoms with E-state index in [0.29, 0.717) is 17.4 Å². The molecule has 4 heteroatoms. The minimum atomic E-state index is -2.75. The molecule has 0 radical (unpaired) electrons. The fraction of sp³-hybridized carbons (Fsp3) is 0.455. The standard InChI is InChI=1S/C11H13BrO2S/c12-11-3-1-2-10(8-11)9-4-6-15(13,14)7-5-9/h1-3,8-9H,4-7H2. The molecule has 82 valence electrons. The van der Waals surface area contributed by atoms with Crippen molar-refractivity contribution in [2.24, 2.45) is 0 Å². The average Bonchev–Trinajstić information content (AvgIpc) is 2.17. The fourth-order valence-corrected chi connectivity index (χ4v) is 3.89. The highest BCUT2D eigenvalue weighted by Gasteiger charge is 2.24. The van der Waals surface area contributed by atoms with E-state index in [4.69, 9.17) is 0 Å². The molecule has 1 fully saturated rings. The molecule has 0 aliphatic carbocycles. The van der Waals surface area contributed by atoms with Crippen LogP contribution in [0.25, 0.3) is 0 Å². The van der Waals surface area contributed by atoms with E-state index in [1.165, 1.54) is 5.56 Å². The largest absolute Gasteiger partial charge is 0.229 e. The van der Waals surface area contributed by atoms with E-state index in [1.807, 2.05) is 12.1 Å². The molecule has 0 saturated carbocycles. The van der Waals surface area contributed by atoms with Crippen molar-refractivity contribution >= 4 is 25.8 Å². The molecule has 2 rings (SSSR count). The second-order valence-electron chi connectivity index (χ2n) is 3.98. The van der Waals surface area contributed by atoms with Gasteiger partial charge in [0.15, 0.2) is 0 Å². The summed E-state index contributed by atoms with van der Waals surface area (Å²) in [4.78, 5) is 0. The van der Waals surface area contributed by atoms with Crippen LogP contribution in [0, 0.1) is 0 Å². The molecular formula is C11H13BrO2S. The summed E-state index contributed by atoms with van der Waals surface area (Å²) in [6, 6.07) is 8.15. The van der Waals surface area contributed by atoms with E-state index >= 15 is 0 Å². The molecular weight excluding hydrogens is 276 g/mol. The quantitative estimate of drug-likeness (QED) is 0.796. The Labute approximate surface area is 98.7 Å². The molecule has 0 amide bonds. The smallest absolute Gasteiger partial charge is 0.150 e. The van der Waals surface area contributed by atoms with Crippen LogP contribution in [-0.4, -0.2) is 19.9 Å². The molecule has 15 heavy (non-hydrogen) atoms. The van der Waals surface area contributed by atoms with E-state index in [2.05, 4.69) is 28.1 Å². The number of hydrogen-bond donors (Lipinski definition) is 0. The molecule has 1 saturated heterocycles. The summed E-state index contributed by atoms with van der Waals surface area (Å²) in [5.41, 5.74) is 1.25. The lowest BCUT2D eigenvalue weighted by Crippen LogP contribution is -2.22. The summed E-state index contributed by atoms with van der Waals surface area (Å²) in [5.74, 6) is 1.08. The highest BCUT2D eigenvalue weighted by atomic mass is 79.9. The van der Waals surface area contributed by atoms with Gasteiger partial charge in [0.05, 0.1) is 11.5 Å². The number of rotatable bonds is 1. The Morgan fingerprint density at radius 3 is 2.47 bits per heavy atom. The van der Waals surface area contributed by atoms with Crippen LogP contribution in [0.15, 0.2) is 28.7 Å². The molecule has 0 bridgehead atoms. The number of halogens is 1. The van der Waals surface area contributed by atoms with Gasteiger partial charge in [-0.1, -0.05) is 28.1 Å². The topological polar surface area (TPSA) is 34.1 Å². The zero-order valence-corrected chi connectivity index (χ0v) is 10.7. The molecule has 0 N–H and O–H groups in total. The molecule has 0 aromatic heterocycles. The Balaban J connectivity index is 2.14.